The van der Waals surface area contributed by atoms with E-state index in [0.29, 0.717) is 10.8 Å². The summed E-state index contributed by atoms with van der Waals surface area (Å²) in [4.78, 5) is 0. The fraction of sp³-hybridized carbons (Fsp3) is 0.0769. The van der Waals surface area contributed by atoms with Gasteiger partial charge in [0.25, 0.3) is 0 Å². The van der Waals surface area contributed by atoms with Crippen LogP contribution in [0.4, 0.5) is 8.78 Å². The van der Waals surface area contributed by atoms with Crippen LogP contribution in [-0.2, 0) is 0 Å². The van der Waals surface area contributed by atoms with Gasteiger partial charge in [-0.3, -0.25) is 0 Å². The van der Waals surface area contributed by atoms with E-state index in [0.717, 1.165) is 12.1 Å². The van der Waals surface area contributed by atoms with Crippen molar-refractivity contribution in [2.45, 2.75) is 0 Å². The van der Waals surface area contributed by atoms with Gasteiger partial charge in [-0.2, -0.15) is 0 Å². The van der Waals surface area contributed by atoms with E-state index in [4.69, 9.17) is 21.1 Å². The molecule has 0 aliphatic carbocycles. The molecule has 5 heteroatoms. The molecule has 0 aliphatic heterocycles. The molecule has 0 aliphatic rings. The van der Waals surface area contributed by atoms with Crippen LogP contribution in [0.15, 0.2) is 36.4 Å². The molecule has 2 nitrogen and oxygen atoms in total. The van der Waals surface area contributed by atoms with Crippen LogP contribution >= 0.6 is 11.6 Å². The van der Waals surface area contributed by atoms with Crippen molar-refractivity contribution < 1.29 is 18.3 Å². The highest BCUT2D eigenvalue weighted by atomic mass is 35.5. The summed E-state index contributed by atoms with van der Waals surface area (Å²) < 4.78 is 37.1. The molecule has 0 saturated carbocycles. The van der Waals surface area contributed by atoms with Crippen LogP contribution in [0.2, 0.25) is 5.02 Å². The Hall–Kier alpha value is -1.81. The second-order valence-electron chi connectivity index (χ2n) is 3.48. The van der Waals surface area contributed by atoms with Crippen LogP contribution in [0.3, 0.4) is 0 Å². The molecule has 0 atom stereocenters. The molecule has 0 bridgehead atoms. The Kier molecular flexibility index (Phi) is 3.67. The maximum Gasteiger partial charge on any atom is 0.198 e. The summed E-state index contributed by atoms with van der Waals surface area (Å²) in [6.07, 6.45) is 0. The van der Waals surface area contributed by atoms with Crippen LogP contribution in [0, 0.1) is 11.6 Å². The first kappa shape index (κ1) is 12.6. The van der Waals surface area contributed by atoms with Gasteiger partial charge in [0.15, 0.2) is 17.4 Å². The van der Waals surface area contributed by atoms with Crippen molar-refractivity contribution in [2.24, 2.45) is 0 Å². The first-order chi connectivity index (χ1) is 8.60. The highest BCUT2D eigenvalue weighted by Crippen LogP contribution is 2.31. The monoisotopic (exact) mass is 270 g/mol. The fourth-order valence-electron chi connectivity index (χ4n) is 1.37. The van der Waals surface area contributed by atoms with Gasteiger partial charge in [-0.1, -0.05) is 11.6 Å². The predicted octanol–water partition coefficient (Wildman–Crippen LogP) is 4.42. The van der Waals surface area contributed by atoms with Gasteiger partial charge >= 0.3 is 0 Å². The second-order valence-corrected chi connectivity index (χ2v) is 3.91. The number of benzene rings is 2. The molecule has 0 radical (unpaired) electrons. The van der Waals surface area contributed by atoms with E-state index in [9.17, 15) is 8.78 Å². The molecular formula is C13H9ClF2O2. The Morgan fingerprint density at radius 1 is 0.944 bits per heavy atom. The topological polar surface area (TPSA) is 18.5 Å². The van der Waals surface area contributed by atoms with Crippen LogP contribution < -0.4 is 9.47 Å². The maximum atomic E-state index is 13.6. The van der Waals surface area contributed by atoms with Crippen molar-refractivity contribution >= 4 is 11.6 Å². The molecule has 0 spiro atoms. The maximum absolute atomic E-state index is 13.6. The molecular weight excluding hydrogens is 262 g/mol. The summed E-state index contributed by atoms with van der Waals surface area (Å²) in [7, 11) is 1.33. The van der Waals surface area contributed by atoms with Gasteiger partial charge in [-0.15, -0.1) is 0 Å². The molecule has 0 amide bonds. The van der Waals surface area contributed by atoms with Gasteiger partial charge in [-0.05, 0) is 24.3 Å². The third-order valence-electron chi connectivity index (χ3n) is 2.24. The summed E-state index contributed by atoms with van der Waals surface area (Å²) in [5.74, 6) is -1.75. The lowest BCUT2D eigenvalue weighted by Crippen LogP contribution is -1.94. The van der Waals surface area contributed by atoms with E-state index in [2.05, 4.69) is 0 Å². The lowest BCUT2D eigenvalue weighted by molar-refractivity contribution is 0.382. The van der Waals surface area contributed by atoms with Gasteiger partial charge < -0.3 is 9.47 Å². The molecule has 0 heterocycles. The van der Waals surface area contributed by atoms with Crippen LogP contribution in [0.5, 0.6) is 17.2 Å². The minimum atomic E-state index is -0.832. The molecule has 0 N–H and O–H groups in total. The first-order valence-corrected chi connectivity index (χ1v) is 5.44. The molecule has 0 aromatic heterocycles. The lowest BCUT2D eigenvalue weighted by atomic mass is 10.3. The average molecular weight is 271 g/mol. The van der Waals surface area contributed by atoms with E-state index < -0.39 is 17.4 Å². The third-order valence-corrected chi connectivity index (χ3v) is 2.49. The van der Waals surface area contributed by atoms with Crippen molar-refractivity contribution in [3.8, 4) is 17.2 Å². The molecule has 94 valence electrons. The molecule has 0 saturated heterocycles. The lowest BCUT2D eigenvalue weighted by Gasteiger charge is -2.09. The van der Waals surface area contributed by atoms with Crippen LogP contribution in [0.1, 0.15) is 0 Å². The number of hydrogen-bond acceptors (Lipinski definition) is 2. The Balaban J connectivity index is 2.31. The number of methoxy groups -OCH3 is 1. The average Bonchev–Trinajstić information content (AvgIpc) is 2.35. The standard InChI is InChI=1S/C13H9ClF2O2/c1-17-10-6-11(15)13(12(16)7-10)18-9-4-2-8(14)3-5-9/h2-7H,1H3. The zero-order valence-electron chi connectivity index (χ0n) is 9.41. The first-order valence-electron chi connectivity index (χ1n) is 5.06. The van der Waals surface area contributed by atoms with Crippen molar-refractivity contribution in [3.05, 3.63) is 53.1 Å². The van der Waals surface area contributed by atoms with Crippen molar-refractivity contribution in [3.63, 3.8) is 0 Å². The van der Waals surface area contributed by atoms with Crippen LogP contribution in [0.25, 0.3) is 0 Å². The fourth-order valence-corrected chi connectivity index (χ4v) is 1.50. The van der Waals surface area contributed by atoms with E-state index in [1.54, 1.807) is 12.1 Å². The number of ether oxygens (including phenoxy) is 2. The zero-order valence-corrected chi connectivity index (χ0v) is 10.2. The Labute approximate surface area is 108 Å². The van der Waals surface area contributed by atoms with Crippen molar-refractivity contribution in [1.29, 1.82) is 0 Å². The molecule has 0 fully saturated rings. The Morgan fingerprint density at radius 3 is 2.00 bits per heavy atom. The normalized spacial score (nSPS) is 10.2. The molecule has 0 unspecified atom stereocenters. The zero-order chi connectivity index (χ0) is 13.1. The SMILES string of the molecule is COc1cc(F)c(Oc2ccc(Cl)cc2)c(F)c1. The van der Waals surface area contributed by atoms with Gasteiger partial charge in [-0.25, -0.2) is 8.78 Å². The predicted molar refractivity (Wildman–Crippen MR) is 64.4 cm³/mol. The number of rotatable bonds is 3. The molecule has 2 aromatic rings. The van der Waals surface area contributed by atoms with Gasteiger partial charge in [0.1, 0.15) is 11.5 Å². The van der Waals surface area contributed by atoms with E-state index in [1.807, 2.05) is 0 Å². The second kappa shape index (κ2) is 5.23. The summed E-state index contributed by atoms with van der Waals surface area (Å²) >= 11 is 5.70. The number of hydrogen-bond donors (Lipinski definition) is 0. The third kappa shape index (κ3) is 2.71. The van der Waals surface area contributed by atoms with Crippen molar-refractivity contribution in [1.82, 2.24) is 0 Å². The smallest absolute Gasteiger partial charge is 0.198 e. The minimum Gasteiger partial charge on any atom is -0.497 e. The van der Waals surface area contributed by atoms with Gasteiger partial charge in [0, 0.05) is 17.2 Å². The largest absolute Gasteiger partial charge is 0.497 e. The van der Waals surface area contributed by atoms with E-state index in [1.165, 1.54) is 19.2 Å². The summed E-state index contributed by atoms with van der Waals surface area (Å²) in [5, 5.41) is 0.512. The summed E-state index contributed by atoms with van der Waals surface area (Å²) in [6, 6.07) is 8.27. The number of halogens is 3. The van der Waals surface area contributed by atoms with Crippen molar-refractivity contribution in [2.75, 3.05) is 7.11 Å². The van der Waals surface area contributed by atoms with E-state index in [-0.39, 0.29) is 5.75 Å². The highest BCUT2D eigenvalue weighted by molar-refractivity contribution is 6.30. The molecule has 18 heavy (non-hydrogen) atoms. The van der Waals surface area contributed by atoms with Crippen LogP contribution in [-0.4, -0.2) is 7.11 Å². The Morgan fingerprint density at radius 2 is 1.50 bits per heavy atom. The quantitative estimate of drug-likeness (QED) is 0.822. The molecule has 2 aromatic carbocycles. The van der Waals surface area contributed by atoms with E-state index >= 15 is 0 Å². The highest BCUT2D eigenvalue weighted by Gasteiger charge is 2.14. The summed E-state index contributed by atoms with van der Waals surface area (Å²) in [5.41, 5.74) is 0. The summed E-state index contributed by atoms with van der Waals surface area (Å²) in [6.45, 7) is 0. The minimum absolute atomic E-state index is 0.0912. The Bertz CT molecular complexity index is 532. The van der Waals surface area contributed by atoms with Gasteiger partial charge in [0.2, 0.25) is 0 Å². The van der Waals surface area contributed by atoms with Gasteiger partial charge in [0.05, 0.1) is 7.11 Å². The molecule has 2 rings (SSSR count).